The maximum Gasteiger partial charge on any atom is 0.241 e. The first-order chi connectivity index (χ1) is 17.5. The third-order valence-electron chi connectivity index (χ3n) is 6.32. The smallest absolute Gasteiger partial charge is 0.241 e. The number of benzene rings is 2. The maximum absolute atomic E-state index is 13.6. The highest BCUT2D eigenvalue weighted by molar-refractivity contribution is 6.15. The fourth-order valence-corrected chi connectivity index (χ4v) is 4.58. The molecular formula is C27H25N3O6. The van der Waals surface area contributed by atoms with Crippen LogP contribution in [-0.2, 0) is 11.3 Å². The number of carbonyl (C=O) groups excluding carboxylic acids is 2. The molecule has 0 spiro atoms. The number of rotatable bonds is 9. The number of H-pyrrole nitrogens is 1. The van der Waals surface area contributed by atoms with Gasteiger partial charge in [-0.05, 0) is 35.6 Å². The number of nitrogens with zero attached hydrogens (tertiary/aromatic N) is 2. The van der Waals surface area contributed by atoms with Gasteiger partial charge in [-0.3, -0.25) is 14.6 Å². The number of hydrogen-bond donors (Lipinski definition) is 1. The van der Waals surface area contributed by atoms with Crippen LogP contribution in [-0.4, -0.2) is 42.3 Å². The van der Waals surface area contributed by atoms with E-state index in [4.69, 9.17) is 13.9 Å². The molecule has 36 heavy (non-hydrogen) atoms. The zero-order valence-electron chi connectivity index (χ0n) is 19.9. The van der Waals surface area contributed by atoms with Crippen LogP contribution in [0, 0.1) is 0 Å². The Labute approximate surface area is 207 Å². The van der Waals surface area contributed by atoms with Gasteiger partial charge in [0.05, 0.1) is 26.8 Å². The van der Waals surface area contributed by atoms with Crippen molar-refractivity contribution in [3.8, 4) is 11.5 Å². The number of furan rings is 1. The summed E-state index contributed by atoms with van der Waals surface area (Å²) in [5, 5.41) is 14.0. The minimum Gasteiger partial charge on any atom is -0.868 e. The number of Topliss-reactive ketones (excluding diaryl/α,β-unsaturated/α-hetero) is 1. The SMILES string of the molecule is COc1ccc(C2C(C(=O)c3cc4ccccc4o3)=C([O-])C(=O)N2CCC[n+]2cc[nH]c2)cc1OC. The lowest BCUT2D eigenvalue weighted by Gasteiger charge is -2.28. The van der Waals surface area contributed by atoms with Crippen LogP contribution >= 0.6 is 0 Å². The molecule has 2 aromatic heterocycles. The second-order valence-electron chi connectivity index (χ2n) is 8.44. The Bertz CT molecular complexity index is 1420. The molecule has 0 fully saturated rings. The van der Waals surface area contributed by atoms with Crippen LogP contribution < -0.4 is 19.1 Å². The van der Waals surface area contributed by atoms with Gasteiger partial charge in [-0.25, -0.2) is 4.57 Å². The number of amides is 1. The highest BCUT2D eigenvalue weighted by Gasteiger charge is 2.40. The number of fused-ring (bicyclic) bond motifs is 1. The Morgan fingerprint density at radius 1 is 1.14 bits per heavy atom. The number of carbonyl (C=O) groups is 2. The molecule has 0 saturated heterocycles. The number of nitrogens with one attached hydrogen (secondary N) is 1. The third-order valence-corrected chi connectivity index (χ3v) is 6.32. The van der Waals surface area contributed by atoms with E-state index in [1.807, 2.05) is 29.2 Å². The summed E-state index contributed by atoms with van der Waals surface area (Å²) < 4.78 is 18.5. The van der Waals surface area contributed by atoms with Crippen LogP contribution in [0.2, 0.25) is 0 Å². The summed E-state index contributed by atoms with van der Waals surface area (Å²) in [6, 6.07) is 13.0. The molecule has 1 amide bonds. The number of methoxy groups -OCH3 is 2. The molecule has 0 saturated carbocycles. The van der Waals surface area contributed by atoms with Crippen molar-refractivity contribution in [2.24, 2.45) is 0 Å². The topological polar surface area (TPSA) is 112 Å². The highest BCUT2D eigenvalue weighted by atomic mass is 16.5. The van der Waals surface area contributed by atoms with E-state index in [0.717, 1.165) is 5.39 Å². The summed E-state index contributed by atoms with van der Waals surface area (Å²) >= 11 is 0. The monoisotopic (exact) mass is 487 g/mol. The molecule has 1 N–H and O–H groups in total. The minimum absolute atomic E-state index is 0.0163. The summed E-state index contributed by atoms with van der Waals surface area (Å²) in [4.78, 5) is 31.3. The lowest BCUT2D eigenvalue weighted by molar-refractivity contribution is -0.695. The molecule has 1 aliphatic heterocycles. The second-order valence-corrected chi connectivity index (χ2v) is 8.44. The second kappa shape index (κ2) is 9.61. The van der Waals surface area contributed by atoms with Crippen LogP contribution in [0.15, 0.2) is 83.0 Å². The van der Waals surface area contributed by atoms with Crippen molar-refractivity contribution in [2.75, 3.05) is 20.8 Å². The molecule has 3 heterocycles. The van der Waals surface area contributed by atoms with Gasteiger partial charge >= 0.3 is 0 Å². The average Bonchev–Trinajstić information content (AvgIpc) is 3.63. The summed E-state index contributed by atoms with van der Waals surface area (Å²) in [6.45, 7) is 0.908. The number of aromatic amines is 1. The maximum atomic E-state index is 13.6. The fraction of sp³-hybridized carbons (Fsp3) is 0.222. The molecule has 9 heteroatoms. The zero-order chi connectivity index (χ0) is 25.2. The number of para-hydroxylation sites is 1. The molecule has 2 aromatic carbocycles. The van der Waals surface area contributed by atoms with Crippen molar-refractivity contribution in [3.05, 3.63) is 89.9 Å². The predicted molar refractivity (Wildman–Crippen MR) is 127 cm³/mol. The van der Waals surface area contributed by atoms with Gasteiger partial charge in [-0.1, -0.05) is 24.3 Å². The Morgan fingerprint density at radius 3 is 2.67 bits per heavy atom. The summed E-state index contributed by atoms with van der Waals surface area (Å²) in [6.07, 6.45) is 6.07. The van der Waals surface area contributed by atoms with Crippen LogP contribution in [0.1, 0.15) is 28.6 Å². The molecular weight excluding hydrogens is 462 g/mol. The van der Waals surface area contributed by atoms with E-state index >= 15 is 0 Å². The van der Waals surface area contributed by atoms with E-state index in [9.17, 15) is 14.7 Å². The highest BCUT2D eigenvalue weighted by Crippen LogP contribution is 2.41. The number of hydrogen-bond acceptors (Lipinski definition) is 6. The van der Waals surface area contributed by atoms with Gasteiger partial charge in [-0.15, -0.1) is 0 Å². The Kier molecular flexibility index (Phi) is 6.20. The van der Waals surface area contributed by atoms with E-state index in [1.165, 1.54) is 19.1 Å². The van der Waals surface area contributed by atoms with E-state index in [0.29, 0.717) is 35.6 Å². The van der Waals surface area contributed by atoms with Crippen molar-refractivity contribution in [3.63, 3.8) is 0 Å². The van der Waals surface area contributed by atoms with Crippen molar-refractivity contribution >= 4 is 22.7 Å². The van der Waals surface area contributed by atoms with E-state index in [2.05, 4.69) is 4.98 Å². The standard InChI is InChI=1S/C27H25N3O6/c1-34-20-9-8-18(15-21(20)35-2)24-23(25(31)22-14-17-6-3-4-7-19(17)36-22)26(32)27(33)30(24)12-5-11-29-13-10-28-16-29/h3-4,6-10,13-16,24H,5,11-12H2,1-2H3,(H,31,32). The Hall–Kier alpha value is -4.53. The predicted octanol–water partition coefficient (Wildman–Crippen LogP) is 2.54. The summed E-state index contributed by atoms with van der Waals surface area (Å²) in [5.74, 6) is -1.20. The fourth-order valence-electron chi connectivity index (χ4n) is 4.58. The van der Waals surface area contributed by atoms with Crippen LogP contribution in [0.4, 0.5) is 0 Å². The molecule has 1 unspecified atom stereocenters. The molecule has 0 radical (unpaired) electrons. The number of ketones is 1. The van der Waals surface area contributed by atoms with Crippen molar-refractivity contribution in [1.82, 2.24) is 9.88 Å². The minimum atomic E-state index is -0.887. The Morgan fingerprint density at radius 2 is 1.94 bits per heavy atom. The molecule has 4 aromatic rings. The van der Waals surface area contributed by atoms with Crippen molar-refractivity contribution in [1.29, 1.82) is 0 Å². The number of imidazole rings is 1. The largest absolute Gasteiger partial charge is 0.868 e. The molecule has 0 aliphatic carbocycles. The third kappa shape index (κ3) is 4.08. The summed E-state index contributed by atoms with van der Waals surface area (Å²) in [5.41, 5.74) is 0.961. The van der Waals surface area contributed by atoms with Crippen molar-refractivity contribution < 1.29 is 33.2 Å². The first kappa shape index (κ1) is 23.2. The number of aryl methyl sites for hydroxylation is 1. The first-order valence-electron chi connectivity index (χ1n) is 11.5. The summed E-state index contributed by atoms with van der Waals surface area (Å²) in [7, 11) is 3.02. The average molecular weight is 488 g/mol. The lowest BCUT2D eigenvalue weighted by Crippen LogP contribution is -2.37. The number of aromatic nitrogens is 2. The normalized spacial score (nSPS) is 15.7. The Balaban J connectivity index is 1.54. The lowest BCUT2D eigenvalue weighted by atomic mass is 9.94. The molecule has 5 rings (SSSR count). The van der Waals surface area contributed by atoms with Gasteiger partial charge in [-0.2, -0.15) is 0 Å². The van der Waals surface area contributed by atoms with Crippen LogP contribution in [0.3, 0.4) is 0 Å². The van der Waals surface area contributed by atoms with Gasteiger partial charge in [0.25, 0.3) is 0 Å². The quantitative estimate of drug-likeness (QED) is 0.287. The first-order valence-corrected chi connectivity index (χ1v) is 11.5. The van der Waals surface area contributed by atoms with E-state index in [1.54, 1.807) is 42.6 Å². The van der Waals surface area contributed by atoms with Gasteiger partial charge in [0.1, 0.15) is 18.0 Å². The number of ether oxygens (including phenoxy) is 2. The van der Waals surface area contributed by atoms with Gasteiger partial charge in [0, 0.05) is 23.9 Å². The van der Waals surface area contributed by atoms with E-state index < -0.39 is 23.5 Å². The molecule has 1 aliphatic rings. The van der Waals surface area contributed by atoms with Gasteiger partial charge in [0.15, 0.2) is 17.3 Å². The van der Waals surface area contributed by atoms with Gasteiger partial charge in [0.2, 0.25) is 18.0 Å². The van der Waals surface area contributed by atoms with E-state index in [-0.39, 0.29) is 17.9 Å². The molecule has 184 valence electrons. The zero-order valence-corrected chi connectivity index (χ0v) is 19.9. The molecule has 0 bridgehead atoms. The van der Waals surface area contributed by atoms with Crippen LogP contribution in [0.25, 0.3) is 11.0 Å². The van der Waals surface area contributed by atoms with Crippen molar-refractivity contribution in [2.45, 2.75) is 19.0 Å². The van der Waals surface area contributed by atoms with Gasteiger partial charge < -0.3 is 23.9 Å². The molecule has 9 nitrogen and oxygen atoms in total. The molecule has 1 atom stereocenters. The van der Waals surface area contributed by atoms with Crippen LogP contribution in [0.5, 0.6) is 11.5 Å².